The molecule has 1 N–H and O–H groups in total. The van der Waals surface area contributed by atoms with E-state index in [9.17, 15) is 9.59 Å². The number of unbranched alkanes of at least 4 members (excludes halogenated alkanes) is 1. The van der Waals surface area contributed by atoms with Crippen LogP contribution in [0.1, 0.15) is 64.6 Å². The number of aromatic amines is 1. The summed E-state index contributed by atoms with van der Waals surface area (Å²) in [6.07, 6.45) is 8.16. The number of carbonyl (C=O) groups excluding carboxylic acids is 1. The van der Waals surface area contributed by atoms with Gasteiger partial charge in [-0.15, -0.1) is 0 Å². The molecule has 146 valence electrons. The number of nitrogens with zero attached hydrogens (tertiary/aromatic N) is 2. The van der Waals surface area contributed by atoms with E-state index in [1.54, 1.807) is 6.07 Å². The van der Waals surface area contributed by atoms with Gasteiger partial charge in [-0.1, -0.05) is 38.3 Å². The van der Waals surface area contributed by atoms with Crippen LogP contribution in [0.2, 0.25) is 0 Å². The molecule has 3 rings (SSSR count). The van der Waals surface area contributed by atoms with Gasteiger partial charge in [0.2, 0.25) is 5.91 Å². The molecule has 5 heteroatoms. The predicted molar refractivity (Wildman–Crippen MR) is 108 cm³/mol. The number of hydrogen-bond acceptors (Lipinski definition) is 3. The molecular weight excluding hydrogens is 338 g/mol. The second-order valence-electron chi connectivity index (χ2n) is 7.74. The summed E-state index contributed by atoms with van der Waals surface area (Å²) >= 11 is 0. The third kappa shape index (κ3) is 4.76. The molecule has 1 amide bonds. The summed E-state index contributed by atoms with van der Waals surface area (Å²) in [5, 5.41) is 0.584. The summed E-state index contributed by atoms with van der Waals surface area (Å²) in [6, 6.07) is 7.31. The number of rotatable bonds is 7. The molecule has 0 saturated heterocycles. The van der Waals surface area contributed by atoms with Crippen molar-refractivity contribution in [2.75, 3.05) is 6.54 Å². The van der Waals surface area contributed by atoms with E-state index in [0.29, 0.717) is 29.8 Å². The molecule has 1 aromatic carbocycles. The minimum Gasteiger partial charge on any atom is -0.335 e. The number of carbonyl (C=O) groups is 1. The molecule has 1 aliphatic rings. The monoisotopic (exact) mass is 369 g/mol. The van der Waals surface area contributed by atoms with Gasteiger partial charge in [-0.2, -0.15) is 0 Å². The van der Waals surface area contributed by atoms with E-state index in [2.05, 4.69) is 16.9 Å². The number of nitrogens with one attached hydrogen (secondary N) is 1. The molecule has 1 aliphatic carbocycles. The zero-order valence-corrected chi connectivity index (χ0v) is 16.5. The fourth-order valence-corrected chi connectivity index (χ4v) is 4.19. The highest BCUT2D eigenvalue weighted by molar-refractivity contribution is 5.79. The number of hydrogen-bond donors (Lipinski definition) is 1. The Balaban J connectivity index is 1.65. The minimum absolute atomic E-state index is 0.120. The Bertz CT molecular complexity index is 822. The lowest BCUT2D eigenvalue weighted by Crippen LogP contribution is -2.38. The van der Waals surface area contributed by atoms with Crippen molar-refractivity contribution in [1.29, 1.82) is 0 Å². The van der Waals surface area contributed by atoms with Gasteiger partial charge in [0.1, 0.15) is 5.82 Å². The Morgan fingerprint density at radius 3 is 2.63 bits per heavy atom. The van der Waals surface area contributed by atoms with Crippen LogP contribution in [-0.4, -0.2) is 27.3 Å². The van der Waals surface area contributed by atoms with Gasteiger partial charge in [-0.25, -0.2) is 4.98 Å². The van der Waals surface area contributed by atoms with E-state index >= 15 is 0 Å². The van der Waals surface area contributed by atoms with Gasteiger partial charge in [-0.05, 0) is 50.7 Å². The van der Waals surface area contributed by atoms with Crippen LogP contribution in [0.25, 0.3) is 10.9 Å². The van der Waals surface area contributed by atoms with Crippen LogP contribution in [0.5, 0.6) is 0 Å². The van der Waals surface area contributed by atoms with E-state index in [1.807, 2.05) is 30.0 Å². The molecule has 1 fully saturated rings. The van der Waals surface area contributed by atoms with Crippen LogP contribution in [0, 0.1) is 11.8 Å². The third-order valence-electron chi connectivity index (χ3n) is 5.86. The van der Waals surface area contributed by atoms with Gasteiger partial charge in [-0.3, -0.25) is 9.59 Å². The predicted octanol–water partition coefficient (Wildman–Crippen LogP) is 4.27. The largest absolute Gasteiger partial charge is 0.335 e. The standard InChI is InChI=1S/C22H31N3O2/c1-3-5-8-16-11-13-17(14-12-16)22(27)25(4-2)15-20-23-19-10-7-6-9-18(19)21(26)24-20/h6-7,9-10,16-17H,3-5,8,11-15H2,1-2H3,(H,23,24,26). The average molecular weight is 370 g/mol. The molecule has 0 bridgehead atoms. The molecule has 1 heterocycles. The summed E-state index contributed by atoms with van der Waals surface area (Å²) in [4.78, 5) is 34.5. The van der Waals surface area contributed by atoms with Crippen LogP contribution in [-0.2, 0) is 11.3 Å². The third-order valence-corrected chi connectivity index (χ3v) is 5.86. The summed E-state index contributed by atoms with van der Waals surface area (Å²) in [5.41, 5.74) is 0.534. The van der Waals surface area contributed by atoms with Crippen molar-refractivity contribution < 1.29 is 4.79 Å². The van der Waals surface area contributed by atoms with Crippen LogP contribution < -0.4 is 5.56 Å². The van der Waals surface area contributed by atoms with Crippen molar-refractivity contribution in [2.45, 2.75) is 65.3 Å². The summed E-state index contributed by atoms with van der Waals surface area (Å²) in [6.45, 7) is 5.22. The minimum atomic E-state index is -0.143. The summed E-state index contributed by atoms with van der Waals surface area (Å²) in [5.74, 6) is 1.69. The Labute approximate surface area is 161 Å². The second-order valence-corrected chi connectivity index (χ2v) is 7.74. The van der Waals surface area contributed by atoms with Crippen LogP contribution in [0.4, 0.5) is 0 Å². The molecule has 0 unspecified atom stereocenters. The van der Waals surface area contributed by atoms with Crippen LogP contribution >= 0.6 is 0 Å². The lowest BCUT2D eigenvalue weighted by molar-refractivity contribution is -0.137. The molecule has 5 nitrogen and oxygen atoms in total. The number of amides is 1. The molecule has 0 aliphatic heterocycles. The first-order chi connectivity index (χ1) is 13.1. The Hall–Kier alpha value is -2.17. The van der Waals surface area contributed by atoms with E-state index in [4.69, 9.17) is 0 Å². The number of fused-ring (bicyclic) bond motifs is 1. The maximum atomic E-state index is 13.0. The summed E-state index contributed by atoms with van der Waals surface area (Å²) < 4.78 is 0. The average Bonchev–Trinajstić information content (AvgIpc) is 2.70. The maximum absolute atomic E-state index is 13.0. The van der Waals surface area contributed by atoms with Crippen molar-refractivity contribution in [3.05, 3.63) is 40.4 Å². The second kappa shape index (κ2) is 9.16. The fraction of sp³-hybridized carbons (Fsp3) is 0.591. The van der Waals surface area contributed by atoms with Crippen LogP contribution in [0.15, 0.2) is 29.1 Å². The SMILES string of the molecule is CCCCC1CCC(C(=O)N(CC)Cc2nc3ccccc3c(=O)[nH]2)CC1. The van der Waals surface area contributed by atoms with Gasteiger partial charge in [0, 0.05) is 12.5 Å². The highest BCUT2D eigenvalue weighted by Gasteiger charge is 2.29. The zero-order chi connectivity index (χ0) is 19.2. The lowest BCUT2D eigenvalue weighted by atomic mass is 9.79. The first kappa shape index (κ1) is 19.6. The molecule has 0 radical (unpaired) electrons. The molecule has 0 atom stereocenters. The van der Waals surface area contributed by atoms with Gasteiger partial charge < -0.3 is 9.88 Å². The van der Waals surface area contributed by atoms with E-state index in [0.717, 1.165) is 18.8 Å². The summed E-state index contributed by atoms with van der Waals surface area (Å²) in [7, 11) is 0. The number of para-hydroxylation sites is 1. The quantitative estimate of drug-likeness (QED) is 0.793. The smallest absolute Gasteiger partial charge is 0.258 e. The van der Waals surface area contributed by atoms with Crippen molar-refractivity contribution in [3.63, 3.8) is 0 Å². The van der Waals surface area contributed by atoms with Crippen molar-refractivity contribution in [1.82, 2.24) is 14.9 Å². The lowest BCUT2D eigenvalue weighted by Gasteiger charge is -2.31. The Kier molecular flexibility index (Phi) is 6.64. The van der Waals surface area contributed by atoms with Gasteiger partial charge in [0.15, 0.2) is 0 Å². The van der Waals surface area contributed by atoms with E-state index in [1.165, 1.54) is 32.1 Å². The van der Waals surface area contributed by atoms with Gasteiger partial charge in [0.25, 0.3) is 5.56 Å². The van der Waals surface area contributed by atoms with Crippen molar-refractivity contribution in [3.8, 4) is 0 Å². The van der Waals surface area contributed by atoms with Crippen LogP contribution in [0.3, 0.4) is 0 Å². The number of H-pyrrole nitrogens is 1. The Morgan fingerprint density at radius 2 is 1.93 bits per heavy atom. The Morgan fingerprint density at radius 1 is 1.19 bits per heavy atom. The van der Waals surface area contributed by atoms with Crippen molar-refractivity contribution in [2.24, 2.45) is 11.8 Å². The first-order valence-electron chi connectivity index (χ1n) is 10.4. The van der Waals surface area contributed by atoms with E-state index < -0.39 is 0 Å². The maximum Gasteiger partial charge on any atom is 0.258 e. The molecule has 0 spiro atoms. The molecule has 1 aromatic heterocycles. The van der Waals surface area contributed by atoms with E-state index in [-0.39, 0.29) is 17.4 Å². The van der Waals surface area contributed by atoms with Gasteiger partial charge >= 0.3 is 0 Å². The molecule has 2 aromatic rings. The molecule has 27 heavy (non-hydrogen) atoms. The first-order valence-corrected chi connectivity index (χ1v) is 10.4. The topological polar surface area (TPSA) is 66.1 Å². The number of aromatic nitrogens is 2. The highest BCUT2D eigenvalue weighted by atomic mass is 16.2. The zero-order valence-electron chi connectivity index (χ0n) is 16.5. The molecule has 1 saturated carbocycles. The highest BCUT2D eigenvalue weighted by Crippen LogP contribution is 2.33. The normalized spacial score (nSPS) is 19.9. The van der Waals surface area contributed by atoms with Gasteiger partial charge in [0.05, 0.1) is 17.4 Å². The van der Waals surface area contributed by atoms with Crippen molar-refractivity contribution >= 4 is 16.8 Å². The fourth-order valence-electron chi connectivity index (χ4n) is 4.19. The number of benzene rings is 1. The molecular formula is C22H31N3O2.